The summed E-state index contributed by atoms with van der Waals surface area (Å²) in [6.07, 6.45) is 14.5. The molecule has 0 radical (unpaired) electrons. The van der Waals surface area contributed by atoms with E-state index in [0.717, 1.165) is 51.5 Å². The van der Waals surface area contributed by atoms with Crippen LogP contribution in [-0.4, -0.2) is 42.5 Å². The average Bonchev–Trinajstić information content (AvgIpc) is 2.64. The highest BCUT2D eigenvalue weighted by atomic mass is 16.2. The molecule has 6 nitrogen and oxygen atoms in total. The minimum absolute atomic E-state index is 0.0138. The third kappa shape index (κ3) is 4.38. The molecule has 0 bridgehead atoms. The Morgan fingerprint density at radius 3 is 2.21 bits per heavy atom. The van der Waals surface area contributed by atoms with E-state index in [1.807, 2.05) is 18.2 Å². The Balaban J connectivity index is 1.54. The van der Waals surface area contributed by atoms with Crippen LogP contribution in [0.3, 0.4) is 0 Å². The van der Waals surface area contributed by atoms with E-state index in [4.69, 9.17) is 0 Å². The minimum atomic E-state index is -0.326. The van der Waals surface area contributed by atoms with Crippen LogP contribution in [0.15, 0.2) is 24.4 Å². The lowest BCUT2D eigenvalue weighted by molar-refractivity contribution is -0.126. The molecule has 0 spiro atoms. The third-order valence-electron chi connectivity index (χ3n) is 5.12. The Labute approximate surface area is 143 Å². The van der Waals surface area contributed by atoms with E-state index in [9.17, 15) is 9.59 Å². The zero-order valence-electron chi connectivity index (χ0n) is 14.1. The van der Waals surface area contributed by atoms with Crippen LogP contribution >= 0.6 is 0 Å². The predicted molar refractivity (Wildman–Crippen MR) is 93.2 cm³/mol. The number of hydrogen-bond acceptors (Lipinski definition) is 4. The Morgan fingerprint density at radius 2 is 1.58 bits per heavy atom. The van der Waals surface area contributed by atoms with Gasteiger partial charge in [0.05, 0.1) is 6.04 Å². The first kappa shape index (κ1) is 17.0. The summed E-state index contributed by atoms with van der Waals surface area (Å²) >= 11 is 0. The van der Waals surface area contributed by atoms with Crippen molar-refractivity contribution in [3.8, 4) is 0 Å². The molecule has 3 aliphatic rings. The minimum Gasteiger partial charge on any atom is -0.377 e. The molecule has 2 heterocycles. The number of carbonyl (C=O) groups excluding carboxylic acids is 2. The first-order chi connectivity index (χ1) is 11.7. The Kier molecular flexibility index (Phi) is 5.91. The van der Waals surface area contributed by atoms with Gasteiger partial charge in [-0.05, 0) is 44.5 Å². The maximum atomic E-state index is 12.5. The van der Waals surface area contributed by atoms with E-state index in [1.165, 1.54) is 0 Å². The van der Waals surface area contributed by atoms with Gasteiger partial charge in [-0.15, -0.1) is 0 Å². The molecule has 0 aromatic heterocycles. The number of carbonyl (C=O) groups is 2. The molecule has 1 saturated carbocycles. The van der Waals surface area contributed by atoms with Gasteiger partial charge in [-0.3, -0.25) is 9.59 Å². The summed E-state index contributed by atoms with van der Waals surface area (Å²) in [5.41, 5.74) is 0. The summed E-state index contributed by atoms with van der Waals surface area (Å²) in [4.78, 5) is 24.9. The third-order valence-corrected chi connectivity index (χ3v) is 5.12. The molecule has 3 rings (SSSR count). The number of dihydropyridines is 1. The number of allylic oxidation sites excluding steroid dienone is 2. The standard InChI is InChI=1S/C18H28N4O2/c23-17(15-9-3-5-11-19-15)21-13-7-1-2-8-14(13)22-18(24)16-10-4-6-12-20-16/h3,5,9,11,13-16,19-20H,1-2,4,6-8,10,12H2,(H,21,23)(H,22,24). The summed E-state index contributed by atoms with van der Waals surface area (Å²) in [6.45, 7) is 0.913. The van der Waals surface area contributed by atoms with Crippen LogP contribution in [0, 0.1) is 0 Å². The number of hydrogen-bond donors (Lipinski definition) is 4. The fourth-order valence-electron chi connectivity index (χ4n) is 3.72. The molecule has 2 fully saturated rings. The van der Waals surface area contributed by atoms with Crippen LogP contribution in [0.5, 0.6) is 0 Å². The zero-order valence-corrected chi connectivity index (χ0v) is 14.1. The number of rotatable bonds is 4. The van der Waals surface area contributed by atoms with Crippen molar-refractivity contribution in [3.63, 3.8) is 0 Å². The van der Waals surface area contributed by atoms with Gasteiger partial charge in [-0.25, -0.2) is 0 Å². The average molecular weight is 332 g/mol. The molecule has 24 heavy (non-hydrogen) atoms. The van der Waals surface area contributed by atoms with E-state index in [0.29, 0.717) is 0 Å². The van der Waals surface area contributed by atoms with Gasteiger partial charge in [0.15, 0.2) is 0 Å². The highest BCUT2D eigenvalue weighted by Gasteiger charge is 2.31. The predicted octanol–water partition coefficient (Wildman–Crippen LogP) is 0.714. The van der Waals surface area contributed by atoms with Crippen LogP contribution in [0.2, 0.25) is 0 Å². The maximum absolute atomic E-state index is 12.5. The van der Waals surface area contributed by atoms with Crippen molar-refractivity contribution in [2.24, 2.45) is 0 Å². The molecule has 4 atom stereocenters. The summed E-state index contributed by atoms with van der Waals surface area (Å²) in [5, 5.41) is 12.6. The highest BCUT2D eigenvalue weighted by Crippen LogP contribution is 2.19. The van der Waals surface area contributed by atoms with Crippen LogP contribution in [0.4, 0.5) is 0 Å². The maximum Gasteiger partial charge on any atom is 0.246 e. The molecule has 0 aromatic rings. The Morgan fingerprint density at radius 1 is 0.875 bits per heavy atom. The SMILES string of the molecule is O=C(NC1CCCCC1NC(=O)C1CCCCN1)C1C=CC=CN1. The van der Waals surface area contributed by atoms with Gasteiger partial charge in [0, 0.05) is 12.1 Å². The lowest BCUT2D eigenvalue weighted by atomic mass is 9.89. The fraction of sp³-hybridized carbons (Fsp3) is 0.667. The van der Waals surface area contributed by atoms with E-state index in [1.54, 1.807) is 6.20 Å². The van der Waals surface area contributed by atoms with Crippen LogP contribution in [-0.2, 0) is 9.59 Å². The topological polar surface area (TPSA) is 82.3 Å². The lowest BCUT2D eigenvalue weighted by Crippen LogP contribution is -2.58. The van der Waals surface area contributed by atoms with Crippen molar-refractivity contribution in [3.05, 3.63) is 24.4 Å². The molecule has 1 saturated heterocycles. The van der Waals surface area contributed by atoms with Gasteiger partial charge in [0.2, 0.25) is 11.8 Å². The Hall–Kier alpha value is -1.82. The second-order valence-electron chi connectivity index (χ2n) is 6.91. The summed E-state index contributed by atoms with van der Waals surface area (Å²) in [5.74, 6) is 0.0528. The molecule has 2 amide bonds. The van der Waals surface area contributed by atoms with E-state index in [-0.39, 0.29) is 36.0 Å². The molecule has 0 aromatic carbocycles. The molecule has 132 valence electrons. The van der Waals surface area contributed by atoms with Crippen molar-refractivity contribution in [2.75, 3.05) is 6.54 Å². The second-order valence-corrected chi connectivity index (χ2v) is 6.91. The first-order valence-electron chi connectivity index (χ1n) is 9.17. The summed E-state index contributed by atoms with van der Waals surface area (Å²) in [6, 6.07) is -0.361. The summed E-state index contributed by atoms with van der Waals surface area (Å²) in [7, 11) is 0. The van der Waals surface area contributed by atoms with Crippen molar-refractivity contribution in [2.45, 2.75) is 69.1 Å². The van der Waals surface area contributed by atoms with Crippen LogP contribution < -0.4 is 21.3 Å². The fourth-order valence-corrected chi connectivity index (χ4v) is 3.72. The van der Waals surface area contributed by atoms with E-state index < -0.39 is 0 Å². The smallest absolute Gasteiger partial charge is 0.246 e. The van der Waals surface area contributed by atoms with E-state index >= 15 is 0 Å². The van der Waals surface area contributed by atoms with Gasteiger partial charge in [-0.1, -0.05) is 31.4 Å². The molecule has 2 aliphatic heterocycles. The number of amides is 2. The quantitative estimate of drug-likeness (QED) is 0.611. The summed E-state index contributed by atoms with van der Waals surface area (Å²) < 4.78 is 0. The van der Waals surface area contributed by atoms with E-state index in [2.05, 4.69) is 21.3 Å². The molecular formula is C18H28N4O2. The van der Waals surface area contributed by atoms with Gasteiger partial charge in [0.25, 0.3) is 0 Å². The van der Waals surface area contributed by atoms with Crippen molar-refractivity contribution in [1.82, 2.24) is 21.3 Å². The second kappa shape index (κ2) is 8.33. The van der Waals surface area contributed by atoms with Gasteiger partial charge in [-0.2, -0.15) is 0 Å². The molecule has 1 aliphatic carbocycles. The van der Waals surface area contributed by atoms with Crippen LogP contribution in [0.25, 0.3) is 0 Å². The monoisotopic (exact) mass is 332 g/mol. The van der Waals surface area contributed by atoms with Crippen molar-refractivity contribution >= 4 is 11.8 Å². The Bertz CT molecular complexity index is 511. The highest BCUT2D eigenvalue weighted by molar-refractivity contribution is 5.85. The first-order valence-corrected chi connectivity index (χ1v) is 9.17. The van der Waals surface area contributed by atoms with Gasteiger partial charge >= 0.3 is 0 Å². The lowest BCUT2D eigenvalue weighted by Gasteiger charge is -2.35. The van der Waals surface area contributed by atoms with Crippen LogP contribution in [0.1, 0.15) is 44.9 Å². The molecule has 4 N–H and O–H groups in total. The molecular weight excluding hydrogens is 304 g/mol. The number of nitrogens with one attached hydrogen (secondary N) is 4. The number of piperidine rings is 1. The zero-order chi connectivity index (χ0) is 16.8. The molecule has 6 heteroatoms. The van der Waals surface area contributed by atoms with Gasteiger partial charge in [0.1, 0.15) is 6.04 Å². The largest absolute Gasteiger partial charge is 0.377 e. The van der Waals surface area contributed by atoms with Crippen molar-refractivity contribution in [1.29, 1.82) is 0 Å². The normalized spacial score (nSPS) is 32.7. The van der Waals surface area contributed by atoms with Crippen molar-refractivity contribution < 1.29 is 9.59 Å². The molecule has 4 unspecified atom stereocenters. The van der Waals surface area contributed by atoms with Gasteiger partial charge < -0.3 is 21.3 Å².